The van der Waals surface area contributed by atoms with Gasteiger partial charge in [0.05, 0.1) is 5.60 Å². The molecule has 0 spiro atoms. The zero-order valence-corrected chi connectivity index (χ0v) is 9.05. The smallest absolute Gasteiger partial charge is 0.223 e. The van der Waals surface area contributed by atoms with Gasteiger partial charge in [-0.1, -0.05) is 0 Å². The van der Waals surface area contributed by atoms with Gasteiger partial charge in [0.1, 0.15) is 0 Å². The monoisotopic (exact) mass is 203 g/mol. The zero-order chi connectivity index (χ0) is 10.1. The molecule has 1 unspecified atom stereocenters. The average molecular weight is 203 g/mol. The molecule has 0 bridgehead atoms. The van der Waals surface area contributed by atoms with Crippen LogP contribution in [0.15, 0.2) is 0 Å². The fourth-order valence-electron chi connectivity index (χ4n) is 1.60. The van der Waals surface area contributed by atoms with Crippen LogP contribution >= 0.6 is 12.6 Å². The second-order valence-corrected chi connectivity index (χ2v) is 4.70. The first-order valence-corrected chi connectivity index (χ1v) is 5.16. The summed E-state index contributed by atoms with van der Waals surface area (Å²) in [4.78, 5) is 13.1. The first-order chi connectivity index (χ1) is 5.92. The summed E-state index contributed by atoms with van der Waals surface area (Å²) in [6, 6.07) is 0. The van der Waals surface area contributed by atoms with Crippen molar-refractivity contribution in [3.8, 4) is 0 Å². The number of amides is 1. The number of hydrogen-bond donors (Lipinski definition) is 2. The van der Waals surface area contributed by atoms with Gasteiger partial charge in [-0.2, -0.15) is 12.6 Å². The third-order valence-electron chi connectivity index (χ3n) is 2.13. The topological polar surface area (TPSA) is 40.5 Å². The van der Waals surface area contributed by atoms with Gasteiger partial charge in [0.15, 0.2) is 0 Å². The summed E-state index contributed by atoms with van der Waals surface area (Å²) in [5.41, 5.74) is -0.791. The van der Waals surface area contributed by atoms with Gasteiger partial charge in [-0.15, -0.1) is 0 Å². The normalized spacial score (nSPS) is 24.2. The van der Waals surface area contributed by atoms with Gasteiger partial charge < -0.3 is 10.0 Å². The first-order valence-electron chi connectivity index (χ1n) is 4.53. The maximum atomic E-state index is 11.4. The minimum Gasteiger partial charge on any atom is -0.389 e. The molecule has 0 saturated carbocycles. The number of likely N-dealkylation sites (tertiary alicyclic amines) is 1. The molecule has 13 heavy (non-hydrogen) atoms. The lowest BCUT2D eigenvalue weighted by Crippen LogP contribution is -2.39. The highest BCUT2D eigenvalue weighted by atomic mass is 32.1. The van der Waals surface area contributed by atoms with Crippen LogP contribution in [0.3, 0.4) is 0 Å². The van der Waals surface area contributed by atoms with E-state index in [-0.39, 0.29) is 5.91 Å². The molecule has 1 N–H and O–H groups in total. The lowest BCUT2D eigenvalue weighted by atomic mass is 10.1. The third kappa shape index (κ3) is 3.19. The molecular formula is C9H17NO2S. The summed E-state index contributed by atoms with van der Waals surface area (Å²) in [7, 11) is 0. The molecular weight excluding hydrogens is 186 g/mol. The summed E-state index contributed by atoms with van der Waals surface area (Å²) in [6.45, 7) is 4.60. The van der Waals surface area contributed by atoms with Crippen LogP contribution in [0.25, 0.3) is 0 Å². The number of hydrogen-bond acceptors (Lipinski definition) is 3. The molecule has 1 atom stereocenters. The Hall–Kier alpha value is -0.220. The molecule has 0 aromatic carbocycles. The SMILES string of the molecule is CC(C)(O)CN1CC(CS)CC1=O. The summed E-state index contributed by atoms with van der Waals surface area (Å²) >= 11 is 4.17. The predicted molar refractivity (Wildman–Crippen MR) is 54.8 cm³/mol. The van der Waals surface area contributed by atoms with E-state index in [2.05, 4.69) is 12.6 Å². The average Bonchev–Trinajstić information content (AvgIpc) is 2.29. The summed E-state index contributed by atoms with van der Waals surface area (Å²) < 4.78 is 0. The lowest BCUT2D eigenvalue weighted by molar-refractivity contribution is -0.130. The second-order valence-electron chi connectivity index (χ2n) is 4.34. The Balaban J connectivity index is 2.49. The van der Waals surface area contributed by atoms with E-state index in [4.69, 9.17) is 0 Å². The molecule has 1 aliphatic rings. The molecule has 1 amide bonds. The van der Waals surface area contributed by atoms with Crippen molar-refractivity contribution in [1.82, 2.24) is 4.90 Å². The van der Waals surface area contributed by atoms with Gasteiger partial charge in [-0.3, -0.25) is 4.79 Å². The van der Waals surface area contributed by atoms with E-state index in [9.17, 15) is 9.90 Å². The number of β-amino-alcohol motifs (C(OH)–C–C–N with tert-alkyl or cyclic N) is 1. The molecule has 4 heteroatoms. The molecule has 0 aromatic heterocycles. The van der Waals surface area contributed by atoms with Crippen molar-refractivity contribution in [3.63, 3.8) is 0 Å². The van der Waals surface area contributed by atoms with Crippen LogP contribution in [0, 0.1) is 5.92 Å². The number of carbonyl (C=O) groups excluding carboxylic acids is 1. The van der Waals surface area contributed by atoms with E-state index in [0.29, 0.717) is 18.9 Å². The highest BCUT2D eigenvalue weighted by molar-refractivity contribution is 7.80. The van der Waals surface area contributed by atoms with Crippen LogP contribution in [0.2, 0.25) is 0 Å². The molecule has 1 fully saturated rings. The van der Waals surface area contributed by atoms with E-state index >= 15 is 0 Å². The Morgan fingerprint density at radius 3 is 2.69 bits per heavy atom. The zero-order valence-electron chi connectivity index (χ0n) is 8.16. The van der Waals surface area contributed by atoms with Crippen molar-refractivity contribution in [3.05, 3.63) is 0 Å². The highest BCUT2D eigenvalue weighted by Gasteiger charge is 2.31. The first kappa shape index (κ1) is 10.9. The van der Waals surface area contributed by atoms with Crippen LogP contribution < -0.4 is 0 Å². The van der Waals surface area contributed by atoms with E-state index in [1.54, 1.807) is 18.7 Å². The lowest BCUT2D eigenvalue weighted by Gasteiger charge is -2.25. The van der Waals surface area contributed by atoms with Crippen molar-refractivity contribution < 1.29 is 9.90 Å². The molecule has 76 valence electrons. The van der Waals surface area contributed by atoms with Gasteiger partial charge >= 0.3 is 0 Å². The highest BCUT2D eigenvalue weighted by Crippen LogP contribution is 2.20. The molecule has 3 nitrogen and oxygen atoms in total. The summed E-state index contributed by atoms with van der Waals surface area (Å²) in [5, 5.41) is 9.54. The number of aliphatic hydroxyl groups is 1. The number of thiol groups is 1. The fourth-order valence-corrected chi connectivity index (χ4v) is 1.84. The predicted octanol–water partition coefficient (Wildman–Crippen LogP) is 0.536. The van der Waals surface area contributed by atoms with E-state index in [1.165, 1.54) is 0 Å². The van der Waals surface area contributed by atoms with Crippen molar-refractivity contribution >= 4 is 18.5 Å². The van der Waals surface area contributed by atoms with Crippen LogP contribution in [0.4, 0.5) is 0 Å². The van der Waals surface area contributed by atoms with Crippen LogP contribution in [-0.4, -0.2) is 40.4 Å². The summed E-state index contributed by atoms with van der Waals surface area (Å²) in [6.07, 6.45) is 0.583. The maximum Gasteiger partial charge on any atom is 0.223 e. The molecule has 1 aliphatic heterocycles. The van der Waals surface area contributed by atoms with Gasteiger partial charge in [0.2, 0.25) is 5.91 Å². The van der Waals surface area contributed by atoms with Crippen LogP contribution in [-0.2, 0) is 4.79 Å². The third-order valence-corrected chi connectivity index (χ3v) is 2.65. The van der Waals surface area contributed by atoms with E-state index < -0.39 is 5.60 Å². The van der Waals surface area contributed by atoms with Gasteiger partial charge in [-0.25, -0.2) is 0 Å². The Labute approximate surface area is 84.5 Å². The quantitative estimate of drug-likeness (QED) is 0.657. The Morgan fingerprint density at radius 2 is 2.31 bits per heavy atom. The van der Waals surface area contributed by atoms with Crippen molar-refractivity contribution in [2.75, 3.05) is 18.8 Å². The Bertz CT molecular complexity index is 200. The second kappa shape index (κ2) is 3.88. The fraction of sp³-hybridized carbons (Fsp3) is 0.889. The summed E-state index contributed by atoms with van der Waals surface area (Å²) in [5.74, 6) is 1.24. The van der Waals surface area contributed by atoms with E-state index in [0.717, 1.165) is 12.3 Å². The molecule has 0 aliphatic carbocycles. The molecule has 1 heterocycles. The molecule has 1 rings (SSSR count). The minimum absolute atomic E-state index is 0.140. The van der Waals surface area contributed by atoms with E-state index in [1.807, 2.05) is 0 Å². The number of nitrogens with zero attached hydrogens (tertiary/aromatic N) is 1. The molecule has 0 radical (unpaired) electrons. The van der Waals surface area contributed by atoms with Gasteiger partial charge in [0, 0.05) is 19.5 Å². The number of rotatable bonds is 3. The Morgan fingerprint density at radius 1 is 1.69 bits per heavy atom. The van der Waals surface area contributed by atoms with Gasteiger partial charge in [0.25, 0.3) is 0 Å². The molecule has 0 aromatic rings. The Kier molecular flexibility index (Phi) is 3.24. The standard InChI is InChI=1S/C9H17NO2S/c1-9(2,12)6-10-4-7(5-13)3-8(10)11/h7,12-13H,3-6H2,1-2H3. The van der Waals surface area contributed by atoms with Crippen LogP contribution in [0.5, 0.6) is 0 Å². The van der Waals surface area contributed by atoms with Crippen molar-refractivity contribution in [1.29, 1.82) is 0 Å². The van der Waals surface area contributed by atoms with Gasteiger partial charge in [-0.05, 0) is 25.5 Å². The maximum absolute atomic E-state index is 11.4. The minimum atomic E-state index is -0.791. The van der Waals surface area contributed by atoms with Crippen molar-refractivity contribution in [2.24, 2.45) is 5.92 Å². The number of carbonyl (C=O) groups is 1. The van der Waals surface area contributed by atoms with Crippen LogP contribution in [0.1, 0.15) is 20.3 Å². The molecule has 1 saturated heterocycles. The van der Waals surface area contributed by atoms with Crippen molar-refractivity contribution in [2.45, 2.75) is 25.9 Å². The largest absolute Gasteiger partial charge is 0.389 e.